The molecule has 1 aliphatic rings. The Hall–Kier alpha value is -0.180. The third-order valence-electron chi connectivity index (χ3n) is 2.47. The summed E-state index contributed by atoms with van der Waals surface area (Å²) in [5, 5.41) is 4.40. The van der Waals surface area contributed by atoms with Crippen molar-refractivity contribution in [2.24, 2.45) is 0 Å². The molecule has 1 heterocycles. The predicted octanol–water partition coefficient (Wildman–Crippen LogP) is 3.11. The Balaban J connectivity index is 1.98. The molecule has 14 heavy (non-hydrogen) atoms. The van der Waals surface area contributed by atoms with Crippen LogP contribution in [0.4, 0.5) is 0 Å². The fourth-order valence-electron chi connectivity index (χ4n) is 1.56. The minimum absolute atomic E-state index is 0.402. The van der Waals surface area contributed by atoms with Gasteiger partial charge in [-0.1, -0.05) is 23.7 Å². The van der Waals surface area contributed by atoms with E-state index in [1.807, 2.05) is 30.0 Å². The van der Waals surface area contributed by atoms with Crippen molar-refractivity contribution >= 4 is 23.4 Å². The van der Waals surface area contributed by atoms with Crippen LogP contribution in [0.3, 0.4) is 0 Å². The molecule has 1 aliphatic heterocycles. The summed E-state index contributed by atoms with van der Waals surface area (Å²) in [5.74, 6) is 2.48. The van der Waals surface area contributed by atoms with Crippen LogP contribution in [0.15, 0.2) is 24.3 Å². The Kier molecular flexibility index (Phi) is 3.37. The van der Waals surface area contributed by atoms with Crippen molar-refractivity contribution in [3.8, 4) is 0 Å². The SMILES string of the molecule is C[C@@H](NC1CSC1)c1cccc(Cl)c1. The fraction of sp³-hybridized carbons (Fsp3) is 0.455. The molecular weight excluding hydrogens is 214 g/mol. The van der Waals surface area contributed by atoms with Gasteiger partial charge in [-0.3, -0.25) is 0 Å². The van der Waals surface area contributed by atoms with Crippen LogP contribution in [0.5, 0.6) is 0 Å². The van der Waals surface area contributed by atoms with Crippen molar-refractivity contribution in [3.63, 3.8) is 0 Å². The van der Waals surface area contributed by atoms with Crippen molar-refractivity contribution in [1.82, 2.24) is 5.32 Å². The fourth-order valence-corrected chi connectivity index (χ4v) is 2.42. The normalized spacial score (nSPS) is 19.0. The first-order valence-corrected chi connectivity index (χ1v) is 6.38. The first kappa shape index (κ1) is 10.3. The lowest BCUT2D eigenvalue weighted by Crippen LogP contribution is -2.41. The topological polar surface area (TPSA) is 12.0 Å². The lowest BCUT2D eigenvalue weighted by Gasteiger charge is -2.29. The number of thioether (sulfide) groups is 1. The van der Waals surface area contributed by atoms with Gasteiger partial charge in [-0.2, -0.15) is 11.8 Å². The average molecular weight is 228 g/mol. The van der Waals surface area contributed by atoms with E-state index in [9.17, 15) is 0 Å². The summed E-state index contributed by atoms with van der Waals surface area (Å²) in [7, 11) is 0. The molecule has 0 aromatic heterocycles. The molecule has 0 amide bonds. The Morgan fingerprint density at radius 1 is 1.50 bits per heavy atom. The zero-order valence-electron chi connectivity index (χ0n) is 8.16. The maximum atomic E-state index is 5.94. The molecule has 1 saturated heterocycles. The van der Waals surface area contributed by atoms with Crippen molar-refractivity contribution in [1.29, 1.82) is 0 Å². The Morgan fingerprint density at radius 3 is 2.86 bits per heavy atom. The van der Waals surface area contributed by atoms with E-state index in [1.165, 1.54) is 17.1 Å². The molecule has 0 radical (unpaired) electrons. The summed E-state index contributed by atoms with van der Waals surface area (Å²) in [4.78, 5) is 0. The first-order valence-electron chi connectivity index (χ1n) is 4.85. The second kappa shape index (κ2) is 4.56. The van der Waals surface area contributed by atoms with Crippen LogP contribution in [0, 0.1) is 0 Å². The summed E-state index contributed by atoms with van der Waals surface area (Å²) >= 11 is 7.94. The van der Waals surface area contributed by atoms with E-state index >= 15 is 0 Å². The molecule has 1 aromatic carbocycles. The van der Waals surface area contributed by atoms with Gasteiger partial charge in [-0.05, 0) is 24.6 Å². The standard InChI is InChI=1S/C11H14ClNS/c1-8(13-11-6-14-7-11)9-3-2-4-10(12)5-9/h2-5,8,11,13H,6-7H2,1H3/t8-/m1/s1. The minimum Gasteiger partial charge on any atom is -0.306 e. The molecule has 1 N–H and O–H groups in total. The molecule has 0 saturated carbocycles. The Labute approximate surface area is 94.2 Å². The van der Waals surface area contributed by atoms with Crippen LogP contribution in [0.1, 0.15) is 18.5 Å². The number of halogens is 1. The van der Waals surface area contributed by atoms with Gasteiger partial charge in [0.1, 0.15) is 0 Å². The van der Waals surface area contributed by atoms with Crippen LogP contribution in [-0.2, 0) is 0 Å². The molecule has 76 valence electrons. The summed E-state index contributed by atoms with van der Waals surface area (Å²) in [6.07, 6.45) is 0. The smallest absolute Gasteiger partial charge is 0.0409 e. The highest BCUT2D eigenvalue weighted by atomic mass is 35.5. The van der Waals surface area contributed by atoms with E-state index in [1.54, 1.807) is 0 Å². The van der Waals surface area contributed by atoms with Crippen LogP contribution >= 0.6 is 23.4 Å². The largest absolute Gasteiger partial charge is 0.306 e. The molecular formula is C11H14ClNS. The van der Waals surface area contributed by atoms with Gasteiger partial charge in [0.2, 0.25) is 0 Å². The number of benzene rings is 1. The summed E-state index contributed by atoms with van der Waals surface area (Å²) in [6, 6.07) is 9.16. The molecule has 3 heteroatoms. The van der Waals surface area contributed by atoms with E-state index in [0.717, 1.165) is 5.02 Å². The van der Waals surface area contributed by atoms with Gasteiger partial charge < -0.3 is 5.32 Å². The third-order valence-corrected chi connectivity index (χ3v) is 3.98. The number of nitrogens with one attached hydrogen (secondary N) is 1. The second-order valence-corrected chi connectivity index (χ2v) is 5.19. The van der Waals surface area contributed by atoms with Crippen LogP contribution in [-0.4, -0.2) is 17.5 Å². The van der Waals surface area contributed by atoms with Gasteiger partial charge in [-0.25, -0.2) is 0 Å². The highest BCUT2D eigenvalue weighted by Gasteiger charge is 2.20. The van der Waals surface area contributed by atoms with Gasteiger partial charge in [0.05, 0.1) is 0 Å². The van der Waals surface area contributed by atoms with Gasteiger partial charge in [0, 0.05) is 28.6 Å². The highest BCUT2D eigenvalue weighted by molar-refractivity contribution is 8.00. The van der Waals surface area contributed by atoms with Crippen molar-refractivity contribution in [3.05, 3.63) is 34.9 Å². The molecule has 0 bridgehead atoms. The quantitative estimate of drug-likeness (QED) is 0.852. The molecule has 1 nitrogen and oxygen atoms in total. The Morgan fingerprint density at radius 2 is 2.29 bits per heavy atom. The molecule has 2 rings (SSSR count). The monoisotopic (exact) mass is 227 g/mol. The predicted molar refractivity (Wildman–Crippen MR) is 64.1 cm³/mol. The van der Waals surface area contributed by atoms with Crippen molar-refractivity contribution in [2.75, 3.05) is 11.5 Å². The maximum absolute atomic E-state index is 5.94. The number of hydrogen-bond acceptors (Lipinski definition) is 2. The van der Waals surface area contributed by atoms with E-state index < -0.39 is 0 Å². The summed E-state index contributed by atoms with van der Waals surface area (Å²) in [5.41, 5.74) is 1.27. The van der Waals surface area contributed by atoms with E-state index in [-0.39, 0.29) is 0 Å². The number of hydrogen-bond donors (Lipinski definition) is 1. The number of rotatable bonds is 3. The van der Waals surface area contributed by atoms with Crippen LogP contribution < -0.4 is 5.32 Å². The van der Waals surface area contributed by atoms with Gasteiger partial charge >= 0.3 is 0 Å². The third kappa shape index (κ3) is 2.44. The lowest BCUT2D eigenvalue weighted by atomic mass is 10.1. The van der Waals surface area contributed by atoms with Gasteiger partial charge in [0.25, 0.3) is 0 Å². The minimum atomic E-state index is 0.402. The molecule has 0 aliphatic carbocycles. The molecule has 1 fully saturated rings. The van der Waals surface area contributed by atoms with Gasteiger partial charge in [-0.15, -0.1) is 0 Å². The summed E-state index contributed by atoms with van der Waals surface area (Å²) < 4.78 is 0. The molecule has 1 atom stereocenters. The summed E-state index contributed by atoms with van der Waals surface area (Å²) in [6.45, 7) is 2.19. The van der Waals surface area contributed by atoms with E-state index in [0.29, 0.717) is 12.1 Å². The Bertz CT molecular complexity index is 312. The first-order chi connectivity index (χ1) is 6.75. The lowest BCUT2D eigenvalue weighted by molar-refractivity contribution is 0.503. The van der Waals surface area contributed by atoms with Crippen LogP contribution in [0.25, 0.3) is 0 Å². The zero-order valence-corrected chi connectivity index (χ0v) is 9.74. The highest BCUT2D eigenvalue weighted by Crippen LogP contribution is 2.22. The molecule has 0 unspecified atom stereocenters. The van der Waals surface area contributed by atoms with Crippen molar-refractivity contribution < 1.29 is 0 Å². The van der Waals surface area contributed by atoms with Gasteiger partial charge in [0.15, 0.2) is 0 Å². The van der Waals surface area contributed by atoms with Crippen molar-refractivity contribution in [2.45, 2.75) is 19.0 Å². The molecule has 1 aromatic rings. The molecule has 0 spiro atoms. The van der Waals surface area contributed by atoms with Crippen LogP contribution in [0.2, 0.25) is 5.02 Å². The maximum Gasteiger partial charge on any atom is 0.0409 e. The average Bonchev–Trinajstić information content (AvgIpc) is 2.11. The second-order valence-electron chi connectivity index (χ2n) is 3.68. The van der Waals surface area contributed by atoms with E-state index in [4.69, 9.17) is 11.6 Å². The zero-order chi connectivity index (χ0) is 9.97. The van der Waals surface area contributed by atoms with E-state index in [2.05, 4.69) is 18.3 Å².